The number of likely N-dealkylation sites (N-methyl/N-ethyl adjacent to an activating group) is 1. The van der Waals surface area contributed by atoms with Crippen molar-refractivity contribution >= 4 is 28.3 Å². The fraction of sp³-hybridized carbons (Fsp3) is 0.357. The van der Waals surface area contributed by atoms with Gasteiger partial charge in [0.25, 0.3) is 0 Å². The lowest BCUT2D eigenvalue weighted by molar-refractivity contribution is 0.106. The molecule has 1 fully saturated rings. The molecule has 1 saturated heterocycles. The Bertz CT molecular complexity index is 1010. The van der Waals surface area contributed by atoms with E-state index in [4.69, 9.17) is 4.74 Å². The van der Waals surface area contributed by atoms with E-state index in [0.717, 1.165) is 58.0 Å². The molecule has 5 rings (SSSR count). The molecule has 4 nitrogen and oxygen atoms in total. The molecule has 0 aromatic heterocycles. The third-order valence-electron chi connectivity index (χ3n) is 6.86. The Morgan fingerprint density at radius 3 is 2.06 bits per heavy atom. The van der Waals surface area contributed by atoms with Gasteiger partial charge < -0.3 is 14.5 Å². The Morgan fingerprint density at radius 1 is 0.848 bits per heavy atom. The van der Waals surface area contributed by atoms with Crippen LogP contribution in [-0.2, 0) is 19.5 Å². The van der Waals surface area contributed by atoms with Crippen LogP contribution in [0.4, 0.5) is 5.69 Å². The minimum atomic E-state index is 0.335. The summed E-state index contributed by atoms with van der Waals surface area (Å²) >= 11 is 2.43. The molecule has 5 heteroatoms. The van der Waals surface area contributed by atoms with Crippen LogP contribution in [0.25, 0.3) is 0 Å². The predicted octanol–water partition coefficient (Wildman–Crippen LogP) is 5.05. The molecule has 0 amide bonds. The molecular formula is C28H32IN3O. The lowest BCUT2D eigenvalue weighted by Crippen LogP contribution is -2.46. The zero-order valence-corrected chi connectivity index (χ0v) is 21.4. The van der Waals surface area contributed by atoms with Crippen molar-refractivity contribution in [2.75, 3.05) is 44.7 Å². The monoisotopic (exact) mass is 553 g/mol. The fourth-order valence-electron chi connectivity index (χ4n) is 4.94. The first-order chi connectivity index (χ1) is 16.2. The highest BCUT2D eigenvalue weighted by atomic mass is 127. The first-order valence-electron chi connectivity index (χ1n) is 11.9. The van der Waals surface area contributed by atoms with E-state index >= 15 is 0 Å². The second-order valence-electron chi connectivity index (χ2n) is 9.21. The molecule has 172 valence electrons. The molecule has 1 atom stereocenters. The van der Waals surface area contributed by atoms with Crippen molar-refractivity contribution in [2.24, 2.45) is 0 Å². The van der Waals surface area contributed by atoms with Gasteiger partial charge in [-0.25, -0.2) is 0 Å². The number of piperazine rings is 1. The van der Waals surface area contributed by atoms with Crippen LogP contribution < -0.4 is 9.64 Å². The average molecular weight is 553 g/mol. The summed E-state index contributed by atoms with van der Waals surface area (Å²) in [5.74, 6) is 1.10. The maximum atomic E-state index is 6.49. The number of halogens is 1. The number of fused-ring (bicyclic) bond motifs is 1. The van der Waals surface area contributed by atoms with Crippen LogP contribution in [0.1, 0.15) is 16.7 Å². The van der Waals surface area contributed by atoms with Crippen LogP contribution in [0, 0.1) is 3.57 Å². The normalized spacial score (nSPS) is 18.8. The zero-order valence-electron chi connectivity index (χ0n) is 19.3. The van der Waals surface area contributed by atoms with Crippen LogP contribution in [0.15, 0.2) is 72.8 Å². The molecule has 2 aliphatic heterocycles. The summed E-state index contributed by atoms with van der Waals surface area (Å²) in [5, 5.41) is 0. The molecule has 0 bridgehead atoms. The first-order valence-corrected chi connectivity index (χ1v) is 12.9. The summed E-state index contributed by atoms with van der Waals surface area (Å²) in [4.78, 5) is 7.57. The molecule has 0 spiro atoms. The van der Waals surface area contributed by atoms with Gasteiger partial charge in [0.2, 0.25) is 0 Å². The molecule has 3 aromatic carbocycles. The summed E-state index contributed by atoms with van der Waals surface area (Å²) in [6.07, 6.45) is 1.02. The number of rotatable bonds is 6. The summed E-state index contributed by atoms with van der Waals surface area (Å²) in [6, 6.07) is 26.5. The molecule has 3 aromatic rings. The van der Waals surface area contributed by atoms with Gasteiger partial charge in [0.05, 0.1) is 3.57 Å². The zero-order chi connectivity index (χ0) is 22.6. The quantitative estimate of drug-likeness (QED) is 0.398. The smallest absolute Gasteiger partial charge is 0.138 e. The molecule has 0 saturated carbocycles. The highest BCUT2D eigenvalue weighted by Gasteiger charge is 2.30. The molecule has 0 aliphatic carbocycles. The standard InChI is InChI=1S/C28H32IN3O/c1-30-14-16-31(17-15-30)27-13-12-26(29)28-25(27)18-24(21-33-28)32(19-22-8-4-2-5-9-22)20-23-10-6-3-7-11-23/h2-13,24H,14-21H2,1H3. The number of hydrogen-bond acceptors (Lipinski definition) is 4. The second kappa shape index (κ2) is 10.5. The van der Waals surface area contributed by atoms with Gasteiger partial charge in [-0.2, -0.15) is 0 Å². The Morgan fingerprint density at radius 2 is 1.45 bits per heavy atom. The van der Waals surface area contributed by atoms with Gasteiger partial charge >= 0.3 is 0 Å². The van der Waals surface area contributed by atoms with Crippen molar-refractivity contribution in [1.29, 1.82) is 0 Å². The first kappa shape index (κ1) is 22.7. The number of ether oxygens (including phenoxy) is 1. The van der Waals surface area contributed by atoms with E-state index < -0.39 is 0 Å². The van der Waals surface area contributed by atoms with Gasteiger partial charge in [0, 0.05) is 56.6 Å². The van der Waals surface area contributed by atoms with Crippen molar-refractivity contribution < 1.29 is 4.74 Å². The van der Waals surface area contributed by atoms with E-state index in [1.165, 1.54) is 25.9 Å². The highest BCUT2D eigenvalue weighted by molar-refractivity contribution is 14.1. The summed E-state index contributed by atoms with van der Waals surface area (Å²) in [6.45, 7) is 6.95. The Balaban J connectivity index is 1.43. The van der Waals surface area contributed by atoms with Crippen molar-refractivity contribution in [2.45, 2.75) is 25.6 Å². The lowest BCUT2D eigenvalue weighted by atomic mass is 9.97. The van der Waals surface area contributed by atoms with Crippen molar-refractivity contribution in [1.82, 2.24) is 9.80 Å². The molecule has 33 heavy (non-hydrogen) atoms. The van der Waals surface area contributed by atoms with Crippen molar-refractivity contribution in [3.8, 4) is 5.75 Å². The number of nitrogens with zero attached hydrogens (tertiary/aromatic N) is 3. The number of anilines is 1. The van der Waals surface area contributed by atoms with Crippen LogP contribution >= 0.6 is 22.6 Å². The predicted molar refractivity (Wildman–Crippen MR) is 144 cm³/mol. The van der Waals surface area contributed by atoms with Crippen molar-refractivity contribution in [3.05, 3.63) is 93.1 Å². The minimum absolute atomic E-state index is 0.335. The van der Waals surface area contributed by atoms with Gasteiger partial charge in [-0.15, -0.1) is 0 Å². The SMILES string of the molecule is CN1CCN(c2ccc(I)c3c2CC(N(Cc2ccccc2)Cc2ccccc2)CO3)CC1. The van der Waals surface area contributed by atoms with Crippen molar-refractivity contribution in [3.63, 3.8) is 0 Å². The van der Waals surface area contributed by atoms with Crippen LogP contribution in [0.5, 0.6) is 5.75 Å². The van der Waals surface area contributed by atoms with E-state index in [1.807, 2.05) is 0 Å². The van der Waals surface area contributed by atoms with E-state index in [2.05, 4.69) is 117 Å². The van der Waals surface area contributed by atoms with Gasteiger partial charge in [-0.05, 0) is 59.3 Å². The summed E-state index contributed by atoms with van der Waals surface area (Å²) < 4.78 is 7.71. The van der Waals surface area contributed by atoms with E-state index in [1.54, 1.807) is 0 Å². The van der Waals surface area contributed by atoms with Gasteiger partial charge in [0.1, 0.15) is 12.4 Å². The maximum absolute atomic E-state index is 6.49. The maximum Gasteiger partial charge on any atom is 0.138 e. The summed E-state index contributed by atoms with van der Waals surface area (Å²) in [7, 11) is 2.21. The Kier molecular flexibility index (Phi) is 7.19. The minimum Gasteiger partial charge on any atom is -0.490 e. The summed E-state index contributed by atoms with van der Waals surface area (Å²) in [5.41, 5.74) is 5.44. The van der Waals surface area contributed by atoms with E-state index in [9.17, 15) is 0 Å². The third kappa shape index (κ3) is 5.36. The molecular weight excluding hydrogens is 521 g/mol. The molecule has 0 N–H and O–H groups in total. The van der Waals surface area contributed by atoms with Crippen LogP contribution in [0.2, 0.25) is 0 Å². The van der Waals surface area contributed by atoms with E-state index in [0.29, 0.717) is 6.04 Å². The number of benzene rings is 3. The van der Waals surface area contributed by atoms with Crippen LogP contribution in [0.3, 0.4) is 0 Å². The highest BCUT2D eigenvalue weighted by Crippen LogP contribution is 2.39. The second-order valence-corrected chi connectivity index (χ2v) is 10.4. The lowest BCUT2D eigenvalue weighted by Gasteiger charge is -2.39. The number of hydrogen-bond donors (Lipinski definition) is 0. The average Bonchev–Trinajstić information content (AvgIpc) is 2.86. The van der Waals surface area contributed by atoms with Gasteiger partial charge in [-0.1, -0.05) is 60.7 Å². The van der Waals surface area contributed by atoms with Gasteiger partial charge in [0.15, 0.2) is 0 Å². The fourth-order valence-corrected chi connectivity index (χ4v) is 5.61. The largest absolute Gasteiger partial charge is 0.490 e. The topological polar surface area (TPSA) is 19.0 Å². The van der Waals surface area contributed by atoms with E-state index in [-0.39, 0.29) is 0 Å². The van der Waals surface area contributed by atoms with Gasteiger partial charge in [-0.3, -0.25) is 4.90 Å². The molecule has 1 unspecified atom stereocenters. The Hall–Kier alpha value is -2.09. The van der Waals surface area contributed by atoms with Crippen LogP contribution in [-0.4, -0.2) is 55.7 Å². The molecule has 2 heterocycles. The Labute approximate surface area is 211 Å². The molecule has 0 radical (unpaired) electrons. The third-order valence-corrected chi connectivity index (χ3v) is 7.71. The molecule has 2 aliphatic rings.